The Labute approximate surface area is 52.5 Å². The minimum atomic E-state index is -0.127. The number of carbonyl (C=O) groups is 1. The monoisotopic (exact) mass is 123 g/mol. The molecule has 46 valence electrons. The third kappa shape index (κ3) is 1.37. The van der Waals surface area contributed by atoms with Crippen molar-refractivity contribution < 1.29 is 9.53 Å². The number of rotatable bonds is 0. The molecular formula is C6H5NO2. The third-order valence-electron chi connectivity index (χ3n) is 0.981. The van der Waals surface area contributed by atoms with E-state index in [1.807, 2.05) is 6.07 Å². The van der Waals surface area contributed by atoms with Gasteiger partial charge in [0.1, 0.15) is 6.61 Å². The van der Waals surface area contributed by atoms with Crippen molar-refractivity contribution in [2.24, 2.45) is 0 Å². The van der Waals surface area contributed by atoms with Crippen molar-refractivity contribution in [2.75, 3.05) is 13.2 Å². The highest BCUT2D eigenvalue weighted by Gasteiger charge is 2.07. The van der Waals surface area contributed by atoms with Gasteiger partial charge in [0.15, 0.2) is 5.78 Å². The Morgan fingerprint density at radius 2 is 2.44 bits per heavy atom. The fourth-order valence-corrected chi connectivity index (χ4v) is 0.604. The minimum Gasteiger partial charge on any atom is -0.368 e. The molecule has 9 heavy (non-hydrogen) atoms. The second kappa shape index (κ2) is 2.42. The quantitative estimate of drug-likeness (QED) is 0.456. The van der Waals surface area contributed by atoms with Crippen molar-refractivity contribution >= 4 is 5.78 Å². The molecule has 1 heterocycles. The molecule has 0 unspecified atom stereocenters. The summed E-state index contributed by atoms with van der Waals surface area (Å²) in [6.07, 6.45) is 1.32. The van der Waals surface area contributed by atoms with E-state index in [1.54, 1.807) is 0 Å². The van der Waals surface area contributed by atoms with E-state index in [-0.39, 0.29) is 19.0 Å². The maximum Gasteiger partial charge on any atom is 0.182 e. The molecule has 0 aromatic heterocycles. The first kappa shape index (κ1) is 5.99. The van der Waals surface area contributed by atoms with Crippen LogP contribution in [0.15, 0.2) is 11.6 Å². The average Bonchev–Trinajstić information content (AvgIpc) is 1.88. The van der Waals surface area contributed by atoms with E-state index in [2.05, 4.69) is 0 Å². The Morgan fingerprint density at radius 1 is 1.67 bits per heavy atom. The molecule has 0 aliphatic carbocycles. The maximum absolute atomic E-state index is 10.5. The fourth-order valence-electron chi connectivity index (χ4n) is 0.604. The van der Waals surface area contributed by atoms with Crippen LogP contribution in [0.1, 0.15) is 0 Å². The Morgan fingerprint density at radius 3 is 2.89 bits per heavy atom. The summed E-state index contributed by atoms with van der Waals surface area (Å²) in [5.74, 6) is -0.127. The SMILES string of the molecule is N#CC1=CC(=O)COC1. The number of hydrogen-bond donors (Lipinski definition) is 0. The number of hydrogen-bond acceptors (Lipinski definition) is 3. The molecule has 0 aromatic rings. The van der Waals surface area contributed by atoms with Gasteiger partial charge in [0.2, 0.25) is 0 Å². The summed E-state index contributed by atoms with van der Waals surface area (Å²) < 4.78 is 4.74. The van der Waals surface area contributed by atoms with Crippen molar-refractivity contribution in [3.63, 3.8) is 0 Å². The summed E-state index contributed by atoms with van der Waals surface area (Å²) in [5, 5.41) is 8.26. The summed E-state index contributed by atoms with van der Waals surface area (Å²) in [4.78, 5) is 10.5. The molecule has 0 bridgehead atoms. The number of ether oxygens (including phenoxy) is 1. The van der Waals surface area contributed by atoms with Crippen LogP contribution in [0.25, 0.3) is 0 Å². The van der Waals surface area contributed by atoms with Crippen molar-refractivity contribution in [1.82, 2.24) is 0 Å². The molecule has 0 saturated carbocycles. The van der Waals surface area contributed by atoms with E-state index in [4.69, 9.17) is 10.00 Å². The molecule has 3 nitrogen and oxygen atoms in total. The highest BCUT2D eigenvalue weighted by molar-refractivity contribution is 5.92. The lowest BCUT2D eigenvalue weighted by Gasteiger charge is -2.04. The van der Waals surface area contributed by atoms with Crippen molar-refractivity contribution in [2.45, 2.75) is 0 Å². The zero-order valence-electron chi connectivity index (χ0n) is 4.76. The predicted molar refractivity (Wildman–Crippen MR) is 29.5 cm³/mol. The van der Waals surface area contributed by atoms with Gasteiger partial charge in [-0.25, -0.2) is 0 Å². The first-order valence-corrected chi connectivity index (χ1v) is 2.54. The van der Waals surface area contributed by atoms with Gasteiger partial charge in [0.05, 0.1) is 18.2 Å². The van der Waals surface area contributed by atoms with Gasteiger partial charge < -0.3 is 4.74 Å². The second-order valence-electron chi connectivity index (χ2n) is 1.74. The lowest BCUT2D eigenvalue weighted by molar-refractivity contribution is -0.119. The molecule has 1 aliphatic heterocycles. The van der Waals surface area contributed by atoms with Crippen LogP contribution >= 0.6 is 0 Å². The molecule has 0 radical (unpaired) electrons. The largest absolute Gasteiger partial charge is 0.368 e. The fraction of sp³-hybridized carbons (Fsp3) is 0.333. The van der Waals surface area contributed by atoms with Gasteiger partial charge in [-0.05, 0) is 6.08 Å². The molecule has 1 aliphatic rings. The molecule has 0 fully saturated rings. The van der Waals surface area contributed by atoms with Crippen LogP contribution in [0.2, 0.25) is 0 Å². The lowest BCUT2D eigenvalue weighted by atomic mass is 10.2. The summed E-state index contributed by atoms with van der Waals surface area (Å²) in [7, 11) is 0. The van der Waals surface area contributed by atoms with E-state index < -0.39 is 0 Å². The Kier molecular flexibility index (Phi) is 1.61. The summed E-state index contributed by atoms with van der Waals surface area (Å²) in [6.45, 7) is 0.396. The number of ketones is 1. The molecule has 0 aromatic carbocycles. The van der Waals surface area contributed by atoms with Gasteiger partial charge in [0, 0.05) is 0 Å². The zero-order chi connectivity index (χ0) is 6.69. The molecule has 0 spiro atoms. The first-order chi connectivity index (χ1) is 4.33. The Balaban J connectivity index is 2.74. The minimum absolute atomic E-state index is 0.116. The van der Waals surface area contributed by atoms with Gasteiger partial charge in [-0.2, -0.15) is 5.26 Å². The van der Waals surface area contributed by atoms with Crippen LogP contribution in [0.3, 0.4) is 0 Å². The highest BCUT2D eigenvalue weighted by Crippen LogP contribution is 1.99. The van der Waals surface area contributed by atoms with Gasteiger partial charge >= 0.3 is 0 Å². The van der Waals surface area contributed by atoms with Crippen LogP contribution in [-0.4, -0.2) is 19.0 Å². The molecule has 0 saturated heterocycles. The molecule has 3 heteroatoms. The van der Waals surface area contributed by atoms with Crippen molar-refractivity contribution in [3.05, 3.63) is 11.6 Å². The second-order valence-corrected chi connectivity index (χ2v) is 1.74. The van der Waals surface area contributed by atoms with Gasteiger partial charge in [0.25, 0.3) is 0 Å². The van der Waals surface area contributed by atoms with Crippen LogP contribution < -0.4 is 0 Å². The predicted octanol–water partition coefficient (Wildman–Crippen LogP) is 0.0357. The molecule has 0 amide bonds. The maximum atomic E-state index is 10.5. The van der Waals surface area contributed by atoms with E-state index in [0.29, 0.717) is 5.57 Å². The van der Waals surface area contributed by atoms with Gasteiger partial charge in [-0.1, -0.05) is 0 Å². The van der Waals surface area contributed by atoms with E-state index >= 15 is 0 Å². The normalized spacial score (nSPS) is 18.6. The van der Waals surface area contributed by atoms with E-state index in [9.17, 15) is 4.79 Å². The van der Waals surface area contributed by atoms with Crippen LogP contribution in [0.5, 0.6) is 0 Å². The zero-order valence-corrected chi connectivity index (χ0v) is 4.76. The van der Waals surface area contributed by atoms with Crippen molar-refractivity contribution in [1.29, 1.82) is 5.26 Å². The topological polar surface area (TPSA) is 50.1 Å². The van der Waals surface area contributed by atoms with E-state index in [0.717, 1.165) is 0 Å². The number of nitrogens with zero attached hydrogens (tertiary/aromatic N) is 1. The summed E-state index contributed by atoms with van der Waals surface area (Å²) >= 11 is 0. The average molecular weight is 123 g/mol. The summed E-state index contributed by atoms with van der Waals surface area (Å²) in [6, 6.07) is 1.85. The molecule has 0 N–H and O–H groups in total. The van der Waals surface area contributed by atoms with Crippen molar-refractivity contribution in [3.8, 4) is 6.07 Å². The lowest BCUT2D eigenvalue weighted by Crippen LogP contribution is -2.14. The van der Waals surface area contributed by atoms with E-state index in [1.165, 1.54) is 6.08 Å². The smallest absolute Gasteiger partial charge is 0.182 e. The number of nitriles is 1. The van der Waals surface area contributed by atoms with Crippen LogP contribution in [-0.2, 0) is 9.53 Å². The van der Waals surface area contributed by atoms with Crippen LogP contribution in [0.4, 0.5) is 0 Å². The third-order valence-corrected chi connectivity index (χ3v) is 0.981. The molecular weight excluding hydrogens is 118 g/mol. The van der Waals surface area contributed by atoms with Gasteiger partial charge in [-0.15, -0.1) is 0 Å². The molecule has 1 rings (SSSR count). The first-order valence-electron chi connectivity index (χ1n) is 2.54. The molecule has 0 atom stereocenters. The van der Waals surface area contributed by atoms with Gasteiger partial charge in [-0.3, -0.25) is 4.79 Å². The Hall–Kier alpha value is -1.14. The number of carbonyl (C=O) groups excluding carboxylic acids is 1. The Bertz CT molecular complexity index is 200. The highest BCUT2D eigenvalue weighted by atomic mass is 16.5. The summed E-state index contributed by atoms with van der Waals surface area (Å²) in [5.41, 5.74) is 0.409. The van der Waals surface area contributed by atoms with Crippen LogP contribution in [0, 0.1) is 11.3 Å². The standard InChI is InChI=1S/C6H5NO2/c7-2-5-1-6(8)4-9-3-5/h1H,3-4H2.